The number of hydrogen-bond acceptors (Lipinski definition) is 7. The number of nitrogens with zero attached hydrogens (tertiary/aromatic N) is 8. The molecule has 0 amide bonds. The topological polar surface area (TPSA) is 85.5 Å². The van der Waals surface area contributed by atoms with Crippen LogP contribution in [0.3, 0.4) is 0 Å². The van der Waals surface area contributed by atoms with E-state index < -0.39 is 0 Å². The monoisotopic (exact) mass is 768 g/mol. The Bertz CT molecular complexity index is 3390. The molecule has 7 aromatic heterocycles. The van der Waals surface area contributed by atoms with E-state index in [0.717, 1.165) is 112 Å². The molecule has 0 unspecified atom stereocenters. The van der Waals surface area contributed by atoms with Gasteiger partial charge < -0.3 is 0 Å². The van der Waals surface area contributed by atoms with Gasteiger partial charge in [0, 0.05) is 81.2 Å². The minimum atomic E-state index is 0.801. The van der Waals surface area contributed by atoms with Crippen LogP contribution in [0, 0.1) is 0 Å². The first-order chi connectivity index (χ1) is 29.8. The van der Waals surface area contributed by atoms with E-state index in [0.29, 0.717) is 0 Å². The second-order valence-corrected chi connectivity index (χ2v) is 14.8. The lowest BCUT2D eigenvalue weighted by Gasteiger charge is -2.33. The summed E-state index contributed by atoms with van der Waals surface area (Å²) in [5.74, 6) is 1.61. The molecule has 0 spiro atoms. The fourth-order valence-corrected chi connectivity index (χ4v) is 8.72. The van der Waals surface area contributed by atoms with Crippen molar-refractivity contribution >= 4 is 49.8 Å². The molecule has 8 heteroatoms. The number of aromatic nitrogens is 7. The third-order valence-corrected chi connectivity index (χ3v) is 11.4. The molecule has 11 aromatic rings. The molecule has 60 heavy (non-hydrogen) atoms. The number of hydrogen-bond donors (Lipinski definition) is 0. The predicted octanol–water partition coefficient (Wildman–Crippen LogP) is 12.4. The summed E-state index contributed by atoms with van der Waals surface area (Å²) in [7, 11) is 0. The number of pyridine rings is 6. The molecule has 1 aliphatic heterocycles. The highest BCUT2D eigenvalue weighted by atomic mass is 15.2. The fourth-order valence-electron chi connectivity index (χ4n) is 8.72. The molecule has 0 aliphatic carbocycles. The van der Waals surface area contributed by atoms with Crippen LogP contribution in [0.15, 0.2) is 195 Å². The van der Waals surface area contributed by atoms with Crippen LogP contribution in [0.4, 0.5) is 17.2 Å². The van der Waals surface area contributed by atoms with E-state index in [4.69, 9.17) is 19.9 Å². The fraction of sp³-hybridized carbons (Fsp3) is 0. The van der Waals surface area contributed by atoms with Crippen LogP contribution < -0.4 is 4.90 Å². The Labute approximate surface area is 344 Å². The van der Waals surface area contributed by atoms with Gasteiger partial charge in [0.1, 0.15) is 11.6 Å². The van der Waals surface area contributed by atoms with Crippen LogP contribution in [0.5, 0.6) is 0 Å². The summed E-state index contributed by atoms with van der Waals surface area (Å²) in [6.07, 6.45) is 11.1. The Hall–Kier alpha value is -8.36. The lowest BCUT2D eigenvalue weighted by Crippen LogP contribution is -2.16. The smallest absolute Gasteiger partial charge is 0.137 e. The molecule has 12 rings (SSSR count). The van der Waals surface area contributed by atoms with E-state index in [-0.39, 0.29) is 0 Å². The van der Waals surface area contributed by atoms with Gasteiger partial charge >= 0.3 is 0 Å². The third kappa shape index (κ3) is 5.39. The van der Waals surface area contributed by atoms with Crippen LogP contribution in [-0.4, -0.2) is 34.5 Å². The minimum Gasteiger partial charge on any atom is -0.294 e. The van der Waals surface area contributed by atoms with Crippen LogP contribution in [-0.2, 0) is 0 Å². The molecule has 8 heterocycles. The molecule has 280 valence electrons. The summed E-state index contributed by atoms with van der Waals surface area (Å²) in [4.78, 5) is 31.2. The Morgan fingerprint density at radius 2 is 0.917 bits per heavy atom. The van der Waals surface area contributed by atoms with Crippen molar-refractivity contribution in [1.29, 1.82) is 0 Å². The molecule has 0 atom stereocenters. The first-order valence-electron chi connectivity index (χ1n) is 19.8. The van der Waals surface area contributed by atoms with Gasteiger partial charge in [-0.2, -0.15) is 0 Å². The molecule has 0 radical (unpaired) electrons. The first-order valence-corrected chi connectivity index (χ1v) is 19.8. The van der Waals surface area contributed by atoms with Crippen molar-refractivity contribution in [2.45, 2.75) is 0 Å². The average molecular weight is 769 g/mol. The maximum absolute atomic E-state index is 5.15. The van der Waals surface area contributed by atoms with Crippen molar-refractivity contribution in [3.8, 4) is 62.0 Å². The average Bonchev–Trinajstić information content (AvgIpc) is 3.65. The molecule has 8 nitrogen and oxygen atoms in total. The van der Waals surface area contributed by atoms with Crippen molar-refractivity contribution in [2.75, 3.05) is 4.90 Å². The lowest BCUT2D eigenvalue weighted by molar-refractivity contribution is 1.08. The van der Waals surface area contributed by atoms with Gasteiger partial charge in [-0.05, 0) is 114 Å². The highest BCUT2D eigenvalue weighted by Gasteiger charge is 2.30. The number of rotatable bonds is 6. The second kappa shape index (κ2) is 13.6. The number of fused-ring (bicyclic) bond motifs is 5. The quantitative estimate of drug-likeness (QED) is 0.166. The zero-order chi connectivity index (χ0) is 39.6. The van der Waals surface area contributed by atoms with Crippen LogP contribution in [0.2, 0.25) is 0 Å². The molecule has 1 aliphatic rings. The summed E-state index contributed by atoms with van der Waals surface area (Å²) >= 11 is 0. The van der Waals surface area contributed by atoms with Gasteiger partial charge in [-0.3, -0.25) is 29.4 Å². The molecule has 0 saturated heterocycles. The van der Waals surface area contributed by atoms with E-state index in [2.05, 4.69) is 116 Å². The standard InChI is InChI=1S/C52H32N8/c1-5-24-53-42(11-1)33-16-21-46-39(28-33)41-29-40-38-20-19-36(45-14-4-8-27-56-45)37-10-9-15-47(52(37)38)60(51-23-18-35(32-58-51)44-13-3-7-26-55-44)48(40)30-49(41)59(46)50-22-17-34(31-57-50)43-12-2-6-25-54-43/h1-32H. The predicted molar refractivity (Wildman–Crippen MR) is 240 cm³/mol. The third-order valence-electron chi connectivity index (χ3n) is 11.4. The molecular weight excluding hydrogens is 737 g/mol. The number of anilines is 3. The number of benzene rings is 4. The molecular formula is C52H32N8. The Kier molecular flexibility index (Phi) is 7.67. The van der Waals surface area contributed by atoms with Crippen molar-refractivity contribution < 1.29 is 0 Å². The van der Waals surface area contributed by atoms with E-state index in [1.165, 1.54) is 0 Å². The van der Waals surface area contributed by atoms with Gasteiger partial charge in [-0.25, -0.2) is 9.97 Å². The lowest BCUT2D eigenvalue weighted by atomic mass is 9.87. The summed E-state index contributed by atoms with van der Waals surface area (Å²) in [5, 5.41) is 4.49. The van der Waals surface area contributed by atoms with Gasteiger partial charge in [0.2, 0.25) is 0 Å². The Morgan fingerprint density at radius 3 is 1.53 bits per heavy atom. The first kappa shape index (κ1) is 33.7. The highest BCUT2D eigenvalue weighted by Crippen LogP contribution is 2.54. The molecule has 0 N–H and O–H groups in total. The summed E-state index contributed by atoms with van der Waals surface area (Å²) < 4.78 is 2.27. The zero-order valence-electron chi connectivity index (χ0n) is 32.1. The summed E-state index contributed by atoms with van der Waals surface area (Å²) in [6.45, 7) is 0. The molecule has 4 aromatic carbocycles. The van der Waals surface area contributed by atoms with Gasteiger partial charge in [0.25, 0.3) is 0 Å². The molecule has 0 saturated carbocycles. The van der Waals surface area contributed by atoms with Crippen LogP contribution in [0.25, 0.3) is 94.6 Å². The SMILES string of the molecule is c1ccc(-c2ccc(N3c4cc5c(cc4-c4ccc(-c6ccccn6)c6cccc3c46)c3cc(-c4ccccn4)ccc3n5-c3ccc(-c4ccccn4)cn3)nc2)nc1. The van der Waals surface area contributed by atoms with Gasteiger partial charge in [-0.1, -0.05) is 54.6 Å². The van der Waals surface area contributed by atoms with E-state index >= 15 is 0 Å². The summed E-state index contributed by atoms with van der Waals surface area (Å²) in [5.41, 5.74) is 14.0. The second-order valence-electron chi connectivity index (χ2n) is 14.8. The molecule has 0 fully saturated rings. The minimum absolute atomic E-state index is 0.801. The van der Waals surface area contributed by atoms with Crippen LogP contribution >= 0.6 is 0 Å². The van der Waals surface area contributed by atoms with Gasteiger partial charge in [0.05, 0.1) is 45.2 Å². The van der Waals surface area contributed by atoms with E-state index in [1.807, 2.05) is 97.8 Å². The van der Waals surface area contributed by atoms with Crippen molar-refractivity contribution in [1.82, 2.24) is 34.5 Å². The van der Waals surface area contributed by atoms with Crippen molar-refractivity contribution in [3.05, 3.63) is 195 Å². The van der Waals surface area contributed by atoms with Crippen molar-refractivity contribution in [3.63, 3.8) is 0 Å². The largest absolute Gasteiger partial charge is 0.294 e. The van der Waals surface area contributed by atoms with Crippen molar-refractivity contribution in [2.24, 2.45) is 0 Å². The molecule has 0 bridgehead atoms. The summed E-state index contributed by atoms with van der Waals surface area (Å²) in [6, 6.07) is 54.6. The normalized spacial score (nSPS) is 12.0. The Balaban J connectivity index is 1.14. The Morgan fingerprint density at radius 1 is 0.333 bits per heavy atom. The zero-order valence-corrected chi connectivity index (χ0v) is 32.1. The van der Waals surface area contributed by atoms with Gasteiger partial charge in [-0.15, -0.1) is 0 Å². The van der Waals surface area contributed by atoms with Gasteiger partial charge in [0.15, 0.2) is 0 Å². The highest BCUT2D eigenvalue weighted by molar-refractivity contribution is 6.21. The maximum atomic E-state index is 5.15. The van der Waals surface area contributed by atoms with Crippen LogP contribution in [0.1, 0.15) is 0 Å². The maximum Gasteiger partial charge on any atom is 0.137 e. The van der Waals surface area contributed by atoms with E-state index in [1.54, 1.807) is 0 Å². The van der Waals surface area contributed by atoms with E-state index in [9.17, 15) is 0 Å².